The lowest BCUT2D eigenvalue weighted by Gasteiger charge is -2.29. The molecule has 0 aliphatic carbocycles. The number of amides is 4. The molecule has 0 bridgehead atoms. The maximum atomic E-state index is 12.8. The van der Waals surface area contributed by atoms with Crippen molar-refractivity contribution in [2.75, 3.05) is 13.7 Å². The number of ether oxygens (including phenoxy) is 1. The minimum Gasteiger partial charge on any atom is -0.497 e. The summed E-state index contributed by atoms with van der Waals surface area (Å²) in [5.74, 6) is -0.227. The smallest absolute Gasteiger partial charge is 0.322 e. The lowest BCUT2D eigenvalue weighted by molar-refractivity contribution is -0.125. The number of nitrogens with one attached hydrogen (secondary N) is 2. The highest BCUT2D eigenvalue weighted by Crippen LogP contribution is 2.31. The molecule has 2 aliphatic rings. The standard InChI is InChI=1S/C17H15N5O4/c1-26-11-3-2-10-8-22(14(23)12(10)6-11)9-17(13-7-18-4-5-19-13)15(24)20-16(25)21-17/h2-7H,8-9H2,1H3,(H2,20,21,24,25)/t17-/m1/s1. The second-order valence-electron chi connectivity index (χ2n) is 6.09. The lowest BCUT2D eigenvalue weighted by Crippen LogP contribution is -2.53. The van der Waals surface area contributed by atoms with Crippen molar-refractivity contribution < 1.29 is 19.1 Å². The Hall–Kier alpha value is -3.49. The molecule has 1 aromatic heterocycles. The number of methoxy groups -OCH3 is 1. The van der Waals surface area contributed by atoms with Gasteiger partial charge in [0, 0.05) is 24.5 Å². The summed E-state index contributed by atoms with van der Waals surface area (Å²) in [7, 11) is 1.53. The van der Waals surface area contributed by atoms with E-state index in [0.29, 0.717) is 17.9 Å². The minimum absolute atomic E-state index is 0.0565. The van der Waals surface area contributed by atoms with Crippen LogP contribution in [-0.4, -0.2) is 46.4 Å². The van der Waals surface area contributed by atoms with E-state index in [2.05, 4.69) is 20.6 Å². The van der Waals surface area contributed by atoms with Crippen molar-refractivity contribution >= 4 is 17.8 Å². The summed E-state index contributed by atoms with van der Waals surface area (Å²) >= 11 is 0. The summed E-state index contributed by atoms with van der Waals surface area (Å²) in [6, 6.07) is 4.62. The second-order valence-corrected chi connectivity index (χ2v) is 6.09. The van der Waals surface area contributed by atoms with Crippen molar-refractivity contribution in [1.82, 2.24) is 25.5 Å². The van der Waals surface area contributed by atoms with E-state index >= 15 is 0 Å². The van der Waals surface area contributed by atoms with Crippen molar-refractivity contribution in [1.29, 1.82) is 0 Å². The zero-order chi connectivity index (χ0) is 18.3. The van der Waals surface area contributed by atoms with Gasteiger partial charge in [0.1, 0.15) is 5.75 Å². The molecule has 0 radical (unpaired) electrons. The molecule has 3 heterocycles. The van der Waals surface area contributed by atoms with Gasteiger partial charge in [-0.15, -0.1) is 0 Å². The van der Waals surface area contributed by atoms with Gasteiger partial charge in [0.15, 0.2) is 5.54 Å². The third-order valence-corrected chi connectivity index (χ3v) is 4.57. The molecule has 4 rings (SSSR count). The molecule has 1 aromatic carbocycles. The number of benzene rings is 1. The quantitative estimate of drug-likeness (QED) is 0.758. The van der Waals surface area contributed by atoms with Gasteiger partial charge in [-0.1, -0.05) is 6.07 Å². The Bertz CT molecular complexity index is 917. The number of aromatic nitrogens is 2. The number of nitrogens with zero attached hydrogens (tertiary/aromatic N) is 3. The van der Waals surface area contributed by atoms with Gasteiger partial charge in [-0.3, -0.25) is 24.9 Å². The van der Waals surface area contributed by atoms with E-state index in [1.165, 1.54) is 30.6 Å². The highest BCUT2D eigenvalue weighted by Gasteiger charge is 2.51. The van der Waals surface area contributed by atoms with E-state index in [1.54, 1.807) is 12.1 Å². The summed E-state index contributed by atoms with van der Waals surface area (Å²) in [5.41, 5.74) is 0.135. The van der Waals surface area contributed by atoms with Crippen LogP contribution in [0.5, 0.6) is 5.75 Å². The molecule has 1 atom stereocenters. The highest BCUT2D eigenvalue weighted by atomic mass is 16.5. The molecule has 0 saturated carbocycles. The van der Waals surface area contributed by atoms with Crippen LogP contribution in [0.2, 0.25) is 0 Å². The maximum Gasteiger partial charge on any atom is 0.322 e. The Morgan fingerprint density at radius 2 is 2.12 bits per heavy atom. The minimum atomic E-state index is -1.48. The van der Waals surface area contributed by atoms with Gasteiger partial charge < -0.3 is 15.0 Å². The number of urea groups is 1. The molecule has 9 heteroatoms. The maximum absolute atomic E-state index is 12.8. The van der Waals surface area contributed by atoms with Gasteiger partial charge in [0.25, 0.3) is 11.8 Å². The van der Waals surface area contributed by atoms with Crippen LogP contribution in [0.15, 0.2) is 36.8 Å². The van der Waals surface area contributed by atoms with Gasteiger partial charge in [-0.25, -0.2) is 4.79 Å². The largest absolute Gasteiger partial charge is 0.497 e. The Labute approximate surface area is 148 Å². The number of rotatable bonds is 4. The molecule has 2 aromatic rings. The van der Waals surface area contributed by atoms with Gasteiger partial charge in [-0.05, 0) is 17.7 Å². The Balaban J connectivity index is 1.69. The topological polar surface area (TPSA) is 114 Å². The molecule has 1 fully saturated rings. The molecule has 0 spiro atoms. The normalized spacial score (nSPS) is 21.4. The van der Waals surface area contributed by atoms with Crippen molar-refractivity contribution in [3.8, 4) is 5.75 Å². The molecule has 2 aliphatic heterocycles. The van der Waals surface area contributed by atoms with E-state index in [4.69, 9.17) is 4.74 Å². The van der Waals surface area contributed by atoms with Gasteiger partial charge in [0.05, 0.1) is 25.5 Å². The first-order chi connectivity index (χ1) is 12.5. The second kappa shape index (κ2) is 5.80. The zero-order valence-electron chi connectivity index (χ0n) is 13.9. The van der Waals surface area contributed by atoms with Crippen LogP contribution in [0.3, 0.4) is 0 Å². The first kappa shape index (κ1) is 16.0. The van der Waals surface area contributed by atoms with Crippen LogP contribution in [0, 0.1) is 0 Å². The number of fused-ring (bicyclic) bond motifs is 1. The van der Waals surface area contributed by atoms with Crippen LogP contribution >= 0.6 is 0 Å². The average Bonchev–Trinajstić information content (AvgIpc) is 3.12. The number of imide groups is 1. The van der Waals surface area contributed by atoms with E-state index < -0.39 is 17.5 Å². The number of carbonyl (C=O) groups excluding carboxylic acids is 3. The molecule has 4 amide bonds. The highest BCUT2D eigenvalue weighted by molar-refractivity contribution is 6.08. The average molecular weight is 353 g/mol. The fraction of sp³-hybridized carbons (Fsp3) is 0.235. The van der Waals surface area contributed by atoms with Crippen molar-refractivity contribution in [2.24, 2.45) is 0 Å². The van der Waals surface area contributed by atoms with E-state index in [1.807, 2.05) is 6.07 Å². The van der Waals surface area contributed by atoms with E-state index in [-0.39, 0.29) is 18.1 Å². The summed E-state index contributed by atoms with van der Waals surface area (Å²) < 4.78 is 5.17. The predicted octanol–water partition coefficient (Wildman–Crippen LogP) is 0.176. The van der Waals surface area contributed by atoms with Gasteiger partial charge in [-0.2, -0.15) is 0 Å². The lowest BCUT2D eigenvalue weighted by atomic mass is 9.95. The molecule has 0 unspecified atom stereocenters. The SMILES string of the molecule is COc1ccc2c(c1)C(=O)N(C[C@]1(c3cnccn3)NC(=O)NC1=O)C2. The molecular weight excluding hydrogens is 338 g/mol. The zero-order valence-corrected chi connectivity index (χ0v) is 13.9. The van der Waals surface area contributed by atoms with Crippen LogP contribution in [0.1, 0.15) is 21.6 Å². The summed E-state index contributed by atoms with van der Waals surface area (Å²) in [6.45, 7) is 0.266. The van der Waals surface area contributed by atoms with Crippen LogP contribution in [0.25, 0.3) is 0 Å². The summed E-state index contributed by atoms with van der Waals surface area (Å²) in [5, 5.41) is 4.83. The number of hydrogen-bond donors (Lipinski definition) is 2. The number of carbonyl (C=O) groups is 3. The monoisotopic (exact) mass is 353 g/mol. The summed E-state index contributed by atoms with van der Waals surface area (Å²) in [6.07, 6.45) is 4.30. The molecule has 26 heavy (non-hydrogen) atoms. The van der Waals surface area contributed by atoms with Crippen molar-refractivity contribution in [3.05, 3.63) is 53.6 Å². The molecule has 9 nitrogen and oxygen atoms in total. The van der Waals surface area contributed by atoms with Gasteiger partial charge >= 0.3 is 6.03 Å². The van der Waals surface area contributed by atoms with Crippen molar-refractivity contribution in [3.63, 3.8) is 0 Å². The third-order valence-electron chi connectivity index (χ3n) is 4.57. The van der Waals surface area contributed by atoms with Crippen LogP contribution in [0.4, 0.5) is 4.79 Å². The first-order valence-corrected chi connectivity index (χ1v) is 7.90. The Morgan fingerprint density at radius 1 is 1.27 bits per heavy atom. The fourth-order valence-electron chi connectivity index (χ4n) is 3.27. The van der Waals surface area contributed by atoms with E-state index in [0.717, 1.165) is 5.56 Å². The summed E-state index contributed by atoms with van der Waals surface area (Å²) in [4.78, 5) is 46.8. The molecule has 132 valence electrons. The number of hydrogen-bond acceptors (Lipinski definition) is 6. The molecular formula is C17H15N5O4. The predicted molar refractivity (Wildman–Crippen MR) is 88.1 cm³/mol. The van der Waals surface area contributed by atoms with Crippen LogP contribution in [-0.2, 0) is 16.9 Å². The Kier molecular flexibility index (Phi) is 3.57. The Morgan fingerprint density at radius 3 is 2.77 bits per heavy atom. The molecule has 2 N–H and O–H groups in total. The fourth-order valence-corrected chi connectivity index (χ4v) is 3.27. The molecule has 1 saturated heterocycles. The van der Waals surface area contributed by atoms with E-state index in [9.17, 15) is 14.4 Å². The third kappa shape index (κ3) is 2.36. The van der Waals surface area contributed by atoms with Gasteiger partial charge in [0.2, 0.25) is 0 Å². The van der Waals surface area contributed by atoms with Crippen LogP contribution < -0.4 is 15.4 Å². The first-order valence-electron chi connectivity index (χ1n) is 7.90. The van der Waals surface area contributed by atoms with Crippen molar-refractivity contribution in [2.45, 2.75) is 12.1 Å².